The highest BCUT2D eigenvalue weighted by molar-refractivity contribution is 7.21. The summed E-state index contributed by atoms with van der Waals surface area (Å²) >= 11 is 0. The maximum atomic E-state index is 2.49. The number of hydrogen-bond acceptors (Lipinski definition) is 2. The van der Waals surface area contributed by atoms with Gasteiger partial charge in [-0.05, 0) is 85.4 Å². The Morgan fingerprint density at radius 1 is 0.358 bits per heavy atom. The first-order chi connectivity index (χ1) is 26.3. The second kappa shape index (κ2) is 12.8. The van der Waals surface area contributed by atoms with E-state index in [1.54, 1.807) is 0 Å². The van der Waals surface area contributed by atoms with Crippen LogP contribution in [0.5, 0.6) is 0 Å². The van der Waals surface area contributed by atoms with Crippen LogP contribution in [0.15, 0.2) is 218 Å². The summed E-state index contributed by atoms with van der Waals surface area (Å²) in [5.41, 5.74) is 6.96. The van der Waals surface area contributed by atoms with Crippen molar-refractivity contribution >= 4 is 84.5 Å². The summed E-state index contributed by atoms with van der Waals surface area (Å²) in [6, 6.07) is 80.5. The molecule has 0 N–H and O–H groups in total. The molecule has 0 unspecified atom stereocenters. The van der Waals surface area contributed by atoms with Gasteiger partial charge in [-0.25, -0.2) is 0 Å². The minimum absolute atomic E-state index is 1.11. The van der Waals surface area contributed by atoms with Gasteiger partial charge in [0.1, 0.15) is 0 Å². The average Bonchev–Trinajstić information content (AvgIpc) is 3.24. The summed E-state index contributed by atoms with van der Waals surface area (Å²) in [7, 11) is -2.81. The van der Waals surface area contributed by atoms with E-state index in [4.69, 9.17) is 0 Å². The molecule has 1 aliphatic heterocycles. The van der Waals surface area contributed by atoms with Crippen LogP contribution in [-0.4, -0.2) is 8.07 Å². The molecule has 1 heterocycles. The number of anilines is 6. The van der Waals surface area contributed by atoms with Crippen LogP contribution in [0.2, 0.25) is 0 Å². The predicted molar refractivity (Wildman–Crippen MR) is 228 cm³/mol. The van der Waals surface area contributed by atoms with E-state index < -0.39 is 8.07 Å². The molecule has 0 atom stereocenters. The van der Waals surface area contributed by atoms with E-state index in [0.29, 0.717) is 0 Å². The highest BCUT2D eigenvalue weighted by atomic mass is 28.3. The molecule has 9 aromatic carbocycles. The van der Waals surface area contributed by atoms with E-state index >= 15 is 0 Å². The molecule has 53 heavy (non-hydrogen) atoms. The van der Waals surface area contributed by atoms with Gasteiger partial charge in [0.2, 0.25) is 0 Å². The molecule has 0 fully saturated rings. The molecule has 0 amide bonds. The summed E-state index contributed by atoms with van der Waals surface area (Å²) in [6.45, 7) is 0. The van der Waals surface area contributed by atoms with Crippen molar-refractivity contribution in [1.82, 2.24) is 0 Å². The van der Waals surface area contributed by atoms with Gasteiger partial charge in [-0.15, -0.1) is 0 Å². The van der Waals surface area contributed by atoms with Gasteiger partial charge in [-0.3, -0.25) is 0 Å². The third-order valence-corrected chi connectivity index (χ3v) is 15.7. The number of fused-ring (bicyclic) bond motifs is 5. The van der Waals surface area contributed by atoms with Gasteiger partial charge < -0.3 is 9.80 Å². The van der Waals surface area contributed by atoms with Crippen molar-refractivity contribution in [3.8, 4) is 0 Å². The lowest BCUT2D eigenvalue weighted by Crippen LogP contribution is -2.77. The number of nitrogens with zero attached hydrogens (tertiary/aromatic N) is 2. The van der Waals surface area contributed by atoms with Crippen LogP contribution >= 0.6 is 0 Å². The maximum absolute atomic E-state index is 2.81. The molecule has 0 aromatic heterocycles. The monoisotopic (exact) mass is 692 g/mol. The molecule has 9 aromatic rings. The molecule has 0 spiro atoms. The second-order valence-electron chi connectivity index (χ2n) is 13.7. The topological polar surface area (TPSA) is 6.48 Å². The summed E-state index contributed by atoms with van der Waals surface area (Å²) in [4.78, 5) is 4.94. The van der Waals surface area contributed by atoms with Crippen molar-refractivity contribution in [2.24, 2.45) is 0 Å². The zero-order valence-electron chi connectivity index (χ0n) is 29.2. The van der Waals surface area contributed by atoms with Crippen molar-refractivity contribution < 1.29 is 0 Å². The van der Waals surface area contributed by atoms with E-state index in [-0.39, 0.29) is 0 Å². The normalized spacial score (nSPS) is 13.0. The molecule has 2 nitrogen and oxygen atoms in total. The standard InChI is InChI=1S/C50H36N2Si/c1-5-20-38(21-6-1)51(47-35-37-19-13-14-28-43(37)44-29-15-16-30-45(44)47)40-33-34-50-48(36-40)52(39-22-7-2-8-23-39)46-31-17-18-32-49(46)53(50,41-24-9-3-10-25-41)42-26-11-4-12-27-42/h1-36H. The van der Waals surface area contributed by atoms with Crippen LogP contribution in [0.3, 0.4) is 0 Å². The molecule has 250 valence electrons. The van der Waals surface area contributed by atoms with Crippen molar-refractivity contribution in [1.29, 1.82) is 0 Å². The Labute approximate surface area is 311 Å². The largest absolute Gasteiger partial charge is 0.311 e. The number of para-hydroxylation sites is 3. The average molecular weight is 693 g/mol. The van der Waals surface area contributed by atoms with Crippen molar-refractivity contribution in [2.45, 2.75) is 0 Å². The summed E-state index contributed by atoms with van der Waals surface area (Å²) in [6.07, 6.45) is 0. The smallest absolute Gasteiger partial charge is 0.184 e. The third kappa shape index (κ3) is 4.93. The number of hydrogen-bond donors (Lipinski definition) is 0. The fourth-order valence-electron chi connectivity index (χ4n) is 8.67. The molecule has 0 aliphatic carbocycles. The highest BCUT2D eigenvalue weighted by Crippen LogP contribution is 2.45. The minimum atomic E-state index is -2.81. The van der Waals surface area contributed by atoms with Gasteiger partial charge >= 0.3 is 0 Å². The zero-order chi connectivity index (χ0) is 35.2. The van der Waals surface area contributed by atoms with Crippen molar-refractivity contribution in [3.63, 3.8) is 0 Å². The van der Waals surface area contributed by atoms with Gasteiger partial charge in [0.15, 0.2) is 8.07 Å². The van der Waals surface area contributed by atoms with Crippen LogP contribution < -0.4 is 30.5 Å². The Kier molecular flexibility index (Phi) is 7.52. The molecule has 1 aliphatic rings. The first-order valence-electron chi connectivity index (χ1n) is 18.3. The molecular formula is C50H36N2Si. The predicted octanol–water partition coefficient (Wildman–Crippen LogP) is 10.6. The summed E-state index contributed by atoms with van der Waals surface area (Å²) in [5.74, 6) is 0. The van der Waals surface area contributed by atoms with E-state index in [1.807, 2.05) is 0 Å². The van der Waals surface area contributed by atoms with Crippen LogP contribution in [0, 0.1) is 0 Å². The molecule has 0 bridgehead atoms. The minimum Gasteiger partial charge on any atom is -0.311 e. The Balaban J connectivity index is 1.32. The van der Waals surface area contributed by atoms with Crippen LogP contribution in [0.4, 0.5) is 34.1 Å². The quantitative estimate of drug-likeness (QED) is 0.126. The third-order valence-electron chi connectivity index (χ3n) is 10.9. The van der Waals surface area contributed by atoms with Gasteiger partial charge in [0.25, 0.3) is 0 Å². The molecule has 0 saturated carbocycles. The van der Waals surface area contributed by atoms with Gasteiger partial charge in [0, 0.05) is 33.8 Å². The zero-order valence-corrected chi connectivity index (χ0v) is 30.2. The Bertz CT molecular complexity index is 2690. The van der Waals surface area contributed by atoms with Crippen molar-refractivity contribution in [3.05, 3.63) is 218 Å². The Morgan fingerprint density at radius 2 is 0.887 bits per heavy atom. The van der Waals surface area contributed by atoms with Crippen molar-refractivity contribution in [2.75, 3.05) is 9.80 Å². The fourth-order valence-corrected chi connectivity index (χ4v) is 13.7. The van der Waals surface area contributed by atoms with Crippen LogP contribution in [-0.2, 0) is 0 Å². The Hall–Kier alpha value is -6.68. The van der Waals surface area contributed by atoms with E-state index in [0.717, 1.165) is 22.7 Å². The van der Waals surface area contributed by atoms with E-state index in [2.05, 4.69) is 228 Å². The van der Waals surface area contributed by atoms with Gasteiger partial charge in [-0.1, -0.05) is 170 Å². The van der Waals surface area contributed by atoms with E-state index in [9.17, 15) is 0 Å². The lowest BCUT2D eigenvalue weighted by Gasteiger charge is -2.45. The summed E-state index contributed by atoms with van der Waals surface area (Å²) < 4.78 is 0. The fraction of sp³-hybridized carbons (Fsp3) is 0. The lowest BCUT2D eigenvalue weighted by atomic mass is 9.99. The number of rotatable bonds is 6. The van der Waals surface area contributed by atoms with Crippen LogP contribution in [0.25, 0.3) is 21.5 Å². The molecule has 10 rings (SSSR count). The maximum Gasteiger partial charge on any atom is 0.184 e. The molecular weight excluding hydrogens is 657 g/mol. The Morgan fingerprint density at radius 3 is 1.58 bits per heavy atom. The highest BCUT2D eigenvalue weighted by Gasteiger charge is 2.49. The van der Waals surface area contributed by atoms with E-state index in [1.165, 1.54) is 53.7 Å². The van der Waals surface area contributed by atoms with Crippen LogP contribution in [0.1, 0.15) is 0 Å². The summed E-state index contributed by atoms with van der Waals surface area (Å²) in [5, 5.41) is 10.5. The molecule has 0 radical (unpaired) electrons. The number of benzene rings is 9. The molecule has 0 saturated heterocycles. The first-order valence-corrected chi connectivity index (χ1v) is 20.3. The second-order valence-corrected chi connectivity index (χ2v) is 17.4. The van der Waals surface area contributed by atoms with Gasteiger partial charge in [0.05, 0.1) is 5.69 Å². The SMILES string of the molecule is c1ccc(N2c3ccccc3[Si](c3ccccc3)(c3ccccc3)c3ccc(N(c4ccccc4)c4cc5ccccc5c5ccccc45)cc32)cc1. The van der Waals surface area contributed by atoms with Gasteiger partial charge in [-0.2, -0.15) is 0 Å². The first kappa shape index (κ1) is 31.1. The molecule has 3 heteroatoms. The lowest BCUT2D eigenvalue weighted by molar-refractivity contribution is 1.26.